The molecule has 4 nitrogen and oxygen atoms in total. The summed E-state index contributed by atoms with van der Waals surface area (Å²) in [6.45, 7) is 0.859. The number of nitrogens with zero attached hydrogens (tertiary/aromatic N) is 1. The Morgan fingerprint density at radius 2 is 2.62 bits per heavy atom. The van der Waals surface area contributed by atoms with Crippen LogP contribution >= 0.6 is 0 Å². The number of nitrogens with one attached hydrogen (secondary N) is 1. The predicted octanol–water partition coefficient (Wildman–Crippen LogP) is 1.27. The molecule has 0 spiro atoms. The van der Waals surface area contributed by atoms with Crippen LogP contribution in [-0.4, -0.2) is 29.7 Å². The number of ether oxygens (including phenoxy) is 1. The lowest BCUT2D eigenvalue weighted by Gasteiger charge is -2.28. The summed E-state index contributed by atoms with van der Waals surface area (Å²) in [5, 5.41) is 13.6. The third kappa shape index (κ3) is 2.33. The molecule has 1 fully saturated rings. The Hall–Kier alpha value is -1.13. The molecular weight excluding hydrogens is 204 g/mol. The molecule has 2 atom stereocenters. The van der Waals surface area contributed by atoms with Crippen LogP contribution in [0.2, 0.25) is 0 Å². The first kappa shape index (κ1) is 8.03. The monoisotopic (exact) mass is 225 g/mol. The van der Waals surface area contributed by atoms with Gasteiger partial charge in [0.15, 0.2) is 0 Å². The van der Waals surface area contributed by atoms with E-state index in [1.807, 2.05) is 0 Å². The zero-order chi connectivity index (χ0) is 13.9. The van der Waals surface area contributed by atoms with E-state index in [-0.39, 0.29) is 11.8 Å². The number of hydrogen-bond acceptors (Lipinski definition) is 4. The van der Waals surface area contributed by atoms with Crippen LogP contribution < -0.4 is 10.1 Å². The van der Waals surface area contributed by atoms with Gasteiger partial charge in [0.25, 0.3) is 0 Å². The van der Waals surface area contributed by atoms with E-state index in [1.54, 1.807) is 0 Å². The van der Waals surface area contributed by atoms with E-state index in [4.69, 9.17) is 8.85 Å². The Bertz CT molecular complexity index is 420. The number of aliphatic hydroxyl groups is 1. The molecule has 1 aliphatic heterocycles. The molecule has 1 aliphatic rings. The van der Waals surface area contributed by atoms with Gasteiger partial charge in [-0.1, -0.05) is 6.42 Å². The van der Waals surface area contributed by atoms with E-state index in [0.29, 0.717) is 5.56 Å². The van der Waals surface area contributed by atoms with E-state index in [2.05, 4.69) is 10.3 Å². The average Bonchev–Trinajstić information content (AvgIpc) is 2.38. The van der Waals surface area contributed by atoms with E-state index < -0.39 is 13.1 Å². The summed E-state index contributed by atoms with van der Waals surface area (Å²) < 4.78 is 26.4. The first-order chi connectivity index (χ1) is 8.97. The fourth-order valence-electron chi connectivity index (χ4n) is 2.07. The standard InChI is InChI=1S/C12H18N2O2/c1-16-11-5-7-13-8-9(11)12(15)10-4-2-3-6-14-10/h5,7-8,10,12,14-15H,2-4,6H2,1H3/t10-,12?/m1/s1/i1D3. The highest BCUT2D eigenvalue weighted by atomic mass is 16.5. The molecule has 88 valence electrons. The largest absolute Gasteiger partial charge is 0.496 e. The van der Waals surface area contributed by atoms with Crippen LogP contribution in [0, 0.1) is 0 Å². The van der Waals surface area contributed by atoms with Crippen molar-refractivity contribution in [1.29, 1.82) is 0 Å². The van der Waals surface area contributed by atoms with Gasteiger partial charge >= 0.3 is 0 Å². The van der Waals surface area contributed by atoms with Gasteiger partial charge in [0.1, 0.15) is 5.75 Å². The van der Waals surface area contributed by atoms with E-state index in [9.17, 15) is 5.11 Å². The van der Waals surface area contributed by atoms with Crippen LogP contribution in [0.25, 0.3) is 0 Å². The van der Waals surface area contributed by atoms with Gasteiger partial charge in [-0.15, -0.1) is 0 Å². The lowest BCUT2D eigenvalue weighted by Crippen LogP contribution is -2.38. The summed E-state index contributed by atoms with van der Waals surface area (Å²) >= 11 is 0. The van der Waals surface area contributed by atoms with E-state index in [1.165, 1.54) is 18.5 Å². The maximum absolute atomic E-state index is 10.4. The van der Waals surface area contributed by atoms with E-state index >= 15 is 0 Å². The Kier molecular flexibility index (Phi) is 2.65. The molecule has 0 bridgehead atoms. The first-order valence-corrected chi connectivity index (χ1v) is 5.52. The van der Waals surface area contributed by atoms with Gasteiger partial charge in [-0.2, -0.15) is 0 Å². The van der Waals surface area contributed by atoms with Gasteiger partial charge < -0.3 is 15.2 Å². The lowest BCUT2D eigenvalue weighted by molar-refractivity contribution is 0.110. The maximum Gasteiger partial charge on any atom is 0.127 e. The summed E-state index contributed by atoms with van der Waals surface area (Å²) in [7, 11) is -2.53. The second-order valence-corrected chi connectivity index (χ2v) is 4.02. The normalized spacial score (nSPS) is 26.3. The number of aliphatic hydroxyl groups excluding tert-OH is 1. The third-order valence-electron chi connectivity index (χ3n) is 2.97. The van der Waals surface area contributed by atoms with Crippen molar-refractivity contribution in [2.24, 2.45) is 0 Å². The van der Waals surface area contributed by atoms with Crippen LogP contribution in [0.1, 0.15) is 35.0 Å². The summed E-state index contributed by atoms with van der Waals surface area (Å²) in [5.74, 6) is 0.162. The molecule has 0 aliphatic carbocycles. The smallest absolute Gasteiger partial charge is 0.127 e. The Morgan fingerprint density at radius 1 is 1.69 bits per heavy atom. The minimum absolute atomic E-state index is 0.0862. The fourth-order valence-corrected chi connectivity index (χ4v) is 2.07. The maximum atomic E-state index is 10.4. The van der Waals surface area contributed by atoms with Crippen molar-refractivity contribution in [3.63, 3.8) is 0 Å². The van der Waals surface area contributed by atoms with Crippen LogP contribution in [-0.2, 0) is 0 Å². The molecular formula is C12H18N2O2. The van der Waals surface area contributed by atoms with Crippen LogP contribution in [0.15, 0.2) is 18.5 Å². The molecule has 1 saturated heterocycles. The summed E-state index contributed by atoms with van der Waals surface area (Å²) in [4.78, 5) is 3.94. The SMILES string of the molecule is [2H]C([2H])([2H])Oc1ccncc1C(O)[C@H]1CCCCN1. The minimum atomic E-state index is -2.53. The van der Waals surface area contributed by atoms with Crippen molar-refractivity contribution < 1.29 is 14.0 Å². The van der Waals surface area contributed by atoms with Crippen molar-refractivity contribution in [3.8, 4) is 5.75 Å². The molecule has 0 amide bonds. The van der Waals surface area contributed by atoms with Gasteiger partial charge in [0, 0.05) is 24.0 Å². The topological polar surface area (TPSA) is 54.4 Å². The number of pyridine rings is 1. The Labute approximate surface area is 99.9 Å². The first-order valence-electron chi connectivity index (χ1n) is 7.02. The van der Waals surface area contributed by atoms with Gasteiger partial charge in [-0.3, -0.25) is 4.98 Å². The van der Waals surface area contributed by atoms with Crippen molar-refractivity contribution in [2.75, 3.05) is 13.6 Å². The highest BCUT2D eigenvalue weighted by molar-refractivity contribution is 5.32. The molecule has 0 radical (unpaired) electrons. The van der Waals surface area contributed by atoms with E-state index in [0.717, 1.165) is 25.8 Å². The second-order valence-electron chi connectivity index (χ2n) is 4.02. The van der Waals surface area contributed by atoms with Gasteiger partial charge in [-0.25, -0.2) is 0 Å². The zero-order valence-electron chi connectivity index (χ0n) is 12.0. The van der Waals surface area contributed by atoms with Gasteiger partial charge in [0.2, 0.25) is 0 Å². The summed E-state index contributed by atoms with van der Waals surface area (Å²) in [6.07, 6.45) is 5.09. The molecule has 0 aromatic carbocycles. The number of methoxy groups -OCH3 is 1. The van der Waals surface area contributed by atoms with Gasteiger partial charge in [0.05, 0.1) is 17.3 Å². The molecule has 2 N–H and O–H groups in total. The highest BCUT2D eigenvalue weighted by Gasteiger charge is 2.25. The van der Waals surface area contributed by atoms with Crippen LogP contribution in [0.5, 0.6) is 5.75 Å². The zero-order valence-corrected chi connectivity index (χ0v) is 9.02. The van der Waals surface area contributed by atoms with Crippen molar-refractivity contribution >= 4 is 0 Å². The molecule has 1 aromatic heterocycles. The molecule has 1 unspecified atom stereocenters. The second kappa shape index (κ2) is 5.27. The lowest BCUT2D eigenvalue weighted by atomic mass is 9.95. The van der Waals surface area contributed by atoms with Crippen LogP contribution in [0.4, 0.5) is 0 Å². The summed E-state index contributed by atoms with van der Waals surface area (Å²) in [5.41, 5.74) is 0.415. The minimum Gasteiger partial charge on any atom is -0.496 e. The molecule has 16 heavy (non-hydrogen) atoms. The summed E-state index contributed by atoms with van der Waals surface area (Å²) in [6, 6.07) is 1.38. The number of hydrogen-bond donors (Lipinski definition) is 2. The quantitative estimate of drug-likeness (QED) is 0.813. The Balaban J connectivity index is 2.18. The molecule has 4 heteroatoms. The third-order valence-corrected chi connectivity index (χ3v) is 2.97. The number of aromatic nitrogens is 1. The van der Waals surface area contributed by atoms with Crippen molar-refractivity contribution in [1.82, 2.24) is 10.3 Å². The van der Waals surface area contributed by atoms with Crippen molar-refractivity contribution in [2.45, 2.75) is 31.4 Å². The number of rotatable bonds is 3. The Morgan fingerprint density at radius 3 is 3.38 bits per heavy atom. The highest BCUT2D eigenvalue weighted by Crippen LogP contribution is 2.28. The fraction of sp³-hybridized carbons (Fsp3) is 0.583. The molecule has 0 saturated carbocycles. The number of piperidine rings is 1. The molecule has 2 heterocycles. The van der Waals surface area contributed by atoms with Crippen LogP contribution in [0.3, 0.4) is 0 Å². The van der Waals surface area contributed by atoms with Gasteiger partial charge in [-0.05, 0) is 25.5 Å². The van der Waals surface area contributed by atoms with Crippen molar-refractivity contribution in [3.05, 3.63) is 24.0 Å². The predicted molar refractivity (Wildman–Crippen MR) is 61.4 cm³/mol. The molecule has 2 rings (SSSR count). The average molecular weight is 225 g/mol. The molecule has 1 aromatic rings.